The SMILES string of the molecule is COc1ccc([I-](F)(c2ccccc2)C(F)(F)S(=O)(=O)O)cc1. The summed E-state index contributed by atoms with van der Waals surface area (Å²) in [5, 5.41) is 0. The van der Waals surface area contributed by atoms with Crippen molar-refractivity contribution in [3.8, 4) is 5.75 Å². The Morgan fingerprint density at radius 3 is 1.91 bits per heavy atom. The van der Waals surface area contributed by atoms with Gasteiger partial charge in [-0.05, 0) is 0 Å². The topological polar surface area (TPSA) is 63.6 Å². The molecule has 0 aliphatic rings. The first kappa shape index (κ1) is 18.0. The number of halogens is 4. The van der Waals surface area contributed by atoms with Crippen LogP contribution in [-0.2, 0) is 10.1 Å². The Kier molecular flexibility index (Phi) is 4.92. The molecule has 128 valence electrons. The first-order valence-electron chi connectivity index (χ1n) is 6.15. The van der Waals surface area contributed by atoms with Gasteiger partial charge in [-0.2, -0.15) is 0 Å². The molecule has 0 heterocycles. The Hall–Kier alpha value is -1.33. The van der Waals surface area contributed by atoms with Crippen LogP contribution >= 0.6 is 0 Å². The molecule has 1 N–H and O–H groups in total. The van der Waals surface area contributed by atoms with Crippen LogP contribution in [0.15, 0.2) is 54.6 Å². The van der Waals surface area contributed by atoms with Gasteiger partial charge in [0.05, 0.1) is 0 Å². The van der Waals surface area contributed by atoms with Crippen LogP contribution in [-0.4, -0.2) is 23.3 Å². The van der Waals surface area contributed by atoms with Crippen LogP contribution < -0.4 is 23.7 Å². The molecule has 1 atom stereocenters. The molecule has 1 unspecified atom stereocenters. The average molecular weight is 461 g/mol. The molecule has 0 spiro atoms. The zero-order valence-corrected chi connectivity index (χ0v) is 14.8. The van der Waals surface area contributed by atoms with E-state index in [0.29, 0.717) is 5.75 Å². The Balaban J connectivity index is 2.75. The molecule has 0 saturated carbocycles. The van der Waals surface area contributed by atoms with E-state index in [0.717, 1.165) is 24.3 Å². The van der Waals surface area contributed by atoms with Crippen LogP contribution in [0.2, 0.25) is 0 Å². The van der Waals surface area contributed by atoms with Crippen LogP contribution in [0.25, 0.3) is 0 Å². The molecule has 0 fully saturated rings. The van der Waals surface area contributed by atoms with Crippen molar-refractivity contribution in [3.05, 3.63) is 61.7 Å². The number of hydrogen-bond acceptors (Lipinski definition) is 3. The van der Waals surface area contributed by atoms with Crippen LogP contribution in [0.5, 0.6) is 5.75 Å². The molecule has 0 aliphatic heterocycles. The molecule has 23 heavy (non-hydrogen) atoms. The molecule has 0 bridgehead atoms. The van der Waals surface area contributed by atoms with E-state index in [2.05, 4.69) is 0 Å². The van der Waals surface area contributed by atoms with Crippen LogP contribution in [0, 0.1) is 7.14 Å². The Labute approximate surface area is 136 Å². The maximum atomic E-state index is 15.6. The quantitative estimate of drug-likeness (QED) is 0.393. The molecule has 4 nitrogen and oxygen atoms in total. The minimum absolute atomic E-state index is 0.306. The van der Waals surface area contributed by atoms with Crippen molar-refractivity contribution in [2.75, 3.05) is 7.11 Å². The van der Waals surface area contributed by atoms with Crippen molar-refractivity contribution in [1.82, 2.24) is 0 Å². The molecule has 0 radical (unpaired) electrons. The second kappa shape index (κ2) is 6.29. The van der Waals surface area contributed by atoms with Crippen molar-refractivity contribution < 1.29 is 48.4 Å². The van der Waals surface area contributed by atoms with Gasteiger partial charge in [0.2, 0.25) is 0 Å². The summed E-state index contributed by atoms with van der Waals surface area (Å²) in [6.45, 7) is 0. The van der Waals surface area contributed by atoms with E-state index in [1.807, 2.05) is 0 Å². The van der Waals surface area contributed by atoms with E-state index in [-0.39, 0.29) is 0 Å². The first-order chi connectivity index (χ1) is 10.6. The van der Waals surface area contributed by atoms with E-state index in [1.165, 1.54) is 37.4 Å². The summed E-state index contributed by atoms with van der Waals surface area (Å²) in [7, 11) is -4.58. The maximum absolute atomic E-state index is 15.6. The third kappa shape index (κ3) is 3.04. The van der Waals surface area contributed by atoms with E-state index >= 15 is 2.86 Å². The molecule has 2 rings (SSSR count). The Morgan fingerprint density at radius 1 is 1.00 bits per heavy atom. The van der Waals surface area contributed by atoms with Gasteiger partial charge < -0.3 is 0 Å². The van der Waals surface area contributed by atoms with Crippen molar-refractivity contribution in [2.45, 2.75) is 3.26 Å². The van der Waals surface area contributed by atoms with Gasteiger partial charge in [0.25, 0.3) is 0 Å². The second-order valence-corrected chi connectivity index (χ2v) is 13.3. The number of hydrogen-bond donors (Lipinski definition) is 1. The number of alkyl halides is 3. The fraction of sp³-hybridized carbons (Fsp3) is 0.143. The molecular formula is C14H13F3IO4S-. The summed E-state index contributed by atoms with van der Waals surface area (Å²) >= 11 is -6.18. The number of ether oxygens (including phenoxy) is 1. The number of methoxy groups -OCH3 is 1. The van der Waals surface area contributed by atoms with Gasteiger partial charge in [-0.1, -0.05) is 0 Å². The van der Waals surface area contributed by atoms with Gasteiger partial charge in [-0.15, -0.1) is 0 Å². The van der Waals surface area contributed by atoms with Crippen molar-refractivity contribution in [1.29, 1.82) is 0 Å². The molecule has 0 saturated heterocycles. The van der Waals surface area contributed by atoms with Crippen LogP contribution in [0.4, 0.5) is 11.6 Å². The third-order valence-corrected chi connectivity index (χ3v) is 13.3. The van der Waals surface area contributed by atoms with E-state index in [4.69, 9.17) is 9.29 Å². The normalized spacial score (nSPS) is 16.4. The summed E-state index contributed by atoms with van der Waals surface area (Å²) in [5.41, 5.74) is 0. The van der Waals surface area contributed by atoms with Gasteiger partial charge in [-0.25, -0.2) is 0 Å². The number of rotatable bonds is 5. The molecular weight excluding hydrogens is 448 g/mol. The molecule has 0 amide bonds. The van der Waals surface area contributed by atoms with Crippen LogP contribution in [0.1, 0.15) is 0 Å². The fourth-order valence-corrected chi connectivity index (χ4v) is 10.5. The summed E-state index contributed by atoms with van der Waals surface area (Å²) < 4.78 is 74.7. The predicted octanol–water partition coefficient (Wildman–Crippen LogP) is 0.218. The van der Waals surface area contributed by atoms with Crippen molar-refractivity contribution >= 4 is 10.1 Å². The standard InChI is InChI=1S/C14H13F3IO4S/c1-22-13-9-7-12(8-10-13)18(17,11-5-3-2-4-6-11)14(15,16)23(19,20)21/h2-10H,1H3,(H,19,20,21)/q-1. The molecule has 2 aromatic rings. The fourth-order valence-electron chi connectivity index (χ4n) is 1.85. The molecule has 0 aliphatic carbocycles. The summed E-state index contributed by atoms with van der Waals surface area (Å²) in [4.78, 5) is 0. The summed E-state index contributed by atoms with van der Waals surface area (Å²) in [5.74, 6) is 0.306. The Morgan fingerprint density at radius 2 is 1.48 bits per heavy atom. The third-order valence-electron chi connectivity index (χ3n) is 2.98. The van der Waals surface area contributed by atoms with Gasteiger partial charge in [0.15, 0.2) is 0 Å². The number of benzene rings is 2. The average Bonchev–Trinajstić information content (AvgIpc) is 2.53. The van der Waals surface area contributed by atoms with Crippen LogP contribution in [0.3, 0.4) is 0 Å². The summed E-state index contributed by atoms with van der Waals surface area (Å²) in [6, 6.07) is 11.0. The van der Waals surface area contributed by atoms with E-state index in [9.17, 15) is 17.2 Å². The summed E-state index contributed by atoms with van der Waals surface area (Å²) in [6.07, 6.45) is 0. The van der Waals surface area contributed by atoms with Crippen molar-refractivity contribution in [2.24, 2.45) is 0 Å². The zero-order chi connectivity index (χ0) is 17.3. The second-order valence-electron chi connectivity index (χ2n) is 4.37. The van der Waals surface area contributed by atoms with E-state index < -0.39 is 39.5 Å². The minimum atomic E-state index is -6.18. The predicted molar refractivity (Wildman–Crippen MR) is 74.4 cm³/mol. The first-order valence-corrected chi connectivity index (χ1v) is 11.6. The molecule has 9 heteroatoms. The Bertz CT molecular complexity index is 781. The van der Waals surface area contributed by atoms with Gasteiger partial charge in [0, 0.05) is 0 Å². The monoisotopic (exact) mass is 461 g/mol. The molecule has 0 aromatic heterocycles. The van der Waals surface area contributed by atoms with E-state index in [1.54, 1.807) is 0 Å². The molecule has 2 aromatic carbocycles. The zero-order valence-electron chi connectivity index (χ0n) is 11.8. The van der Waals surface area contributed by atoms with Gasteiger partial charge in [-0.3, -0.25) is 0 Å². The van der Waals surface area contributed by atoms with Gasteiger partial charge >= 0.3 is 136 Å². The van der Waals surface area contributed by atoms with Gasteiger partial charge in [0.1, 0.15) is 0 Å². The van der Waals surface area contributed by atoms with Crippen molar-refractivity contribution in [3.63, 3.8) is 0 Å².